The third kappa shape index (κ3) is 2.89. The van der Waals surface area contributed by atoms with E-state index in [9.17, 15) is 10.4 Å². The second-order valence-corrected chi connectivity index (χ2v) is 6.57. The minimum absolute atomic E-state index is 0.113. The summed E-state index contributed by atoms with van der Waals surface area (Å²) in [6.07, 6.45) is 10.8. The molecule has 0 saturated heterocycles. The first-order chi connectivity index (χ1) is 12.3. The van der Waals surface area contributed by atoms with Crippen molar-refractivity contribution in [1.82, 2.24) is 24.7 Å². The van der Waals surface area contributed by atoms with Crippen LogP contribution in [0, 0.1) is 17.2 Å². The van der Waals surface area contributed by atoms with Crippen molar-refractivity contribution >= 4 is 11.0 Å². The quantitative estimate of drug-likeness (QED) is 0.745. The molecule has 25 heavy (non-hydrogen) atoms. The van der Waals surface area contributed by atoms with Gasteiger partial charge >= 0.3 is 0 Å². The van der Waals surface area contributed by atoms with E-state index in [2.05, 4.69) is 26.1 Å². The lowest BCUT2D eigenvalue weighted by Crippen LogP contribution is -2.17. The summed E-state index contributed by atoms with van der Waals surface area (Å²) in [7, 11) is 0. The Bertz CT molecular complexity index is 915. The Morgan fingerprint density at radius 1 is 1.36 bits per heavy atom. The molecule has 7 heteroatoms. The molecule has 7 nitrogen and oxygen atoms in total. The van der Waals surface area contributed by atoms with Gasteiger partial charge in [0.25, 0.3) is 0 Å². The van der Waals surface area contributed by atoms with Gasteiger partial charge in [0.05, 0.1) is 30.4 Å². The van der Waals surface area contributed by atoms with Crippen LogP contribution >= 0.6 is 0 Å². The number of fused-ring (bicyclic) bond motifs is 1. The minimum Gasteiger partial charge on any atom is -0.388 e. The first-order valence-corrected chi connectivity index (χ1v) is 8.66. The molecule has 2 N–H and O–H groups in total. The number of rotatable bonds is 5. The lowest BCUT2D eigenvalue weighted by Gasteiger charge is -2.21. The van der Waals surface area contributed by atoms with Gasteiger partial charge in [-0.2, -0.15) is 10.4 Å². The van der Waals surface area contributed by atoms with E-state index in [0.717, 1.165) is 29.5 Å². The summed E-state index contributed by atoms with van der Waals surface area (Å²) in [4.78, 5) is 11.8. The molecule has 0 spiro atoms. The predicted molar refractivity (Wildman–Crippen MR) is 92.3 cm³/mol. The summed E-state index contributed by atoms with van der Waals surface area (Å²) in [6, 6.07) is 4.35. The molecular weight excluding hydrogens is 316 g/mol. The molecule has 1 fully saturated rings. The Morgan fingerprint density at radius 2 is 2.20 bits per heavy atom. The fourth-order valence-corrected chi connectivity index (χ4v) is 3.83. The number of H-pyrrole nitrogens is 1. The largest absolute Gasteiger partial charge is 0.388 e. The first kappa shape index (κ1) is 15.8. The van der Waals surface area contributed by atoms with E-state index in [-0.39, 0.29) is 12.6 Å². The monoisotopic (exact) mass is 336 g/mol. The van der Waals surface area contributed by atoms with Gasteiger partial charge in [0.2, 0.25) is 0 Å². The van der Waals surface area contributed by atoms with Crippen LogP contribution in [0.3, 0.4) is 0 Å². The van der Waals surface area contributed by atoms with E-state index >= 15 is 0 Å². The molecule has 3 aromatic heterocycles. The van der Waals surface area contributed by atoms with Gasteiger partial charge in [0.15, 0.2) is 5.82 Å². The van der Waals surface area contributed by atoms with Gasteiger partial charge in [-0.05, 0) is 24.8 Å². The molecule has 1 aliphatic carbocycles. The second kappa shape index (κ2) is 6.65. The molecule has 4 rings (SSSR count). The second-order valence-electron chi connectivity index (χ2n) is 6.57. The fourth-order valence-electron chi connectivity index (χ4n) is 3.83. The molecule has 1 atom stereocenters. The van der Waals surface area contributed by atoms with Crippen LogP contribution in [0.25, 0.3) is 22.3 Å². The third-order valence-electron chi connectivity index (χ3n) is 5.06. The van der Waals surface area contributed by atoms with E-state index in [4.69, 9.17) is 0 Å². The lowest BCUT2D eigenvalue weighted by molar-refractivity contribution is 0.272. The number of aliphatic hydroxyl groups excluding tert-OH is 1. The van der Waals surface area contributed by atoms with Crippen molar-refractivity contribution in [1.29, 1.82) is 5.26 Å². The number of hydrogen-bond donors (Lipinski definition) is 2. The average molecular weight is 336 g/mol. The van der Waals surface area contributed by atoms with Gasteiger partial charge in [-0.25, -0.2) is 9.97 Å². The first-order valence-electron chi connectivity index (χ1n) is 8.66. The van der Waals surface area contributed by atoms with Crippen LogP contribution in [0.4, 0.5) is 0 Å². The Kier molecular flexibility index (Phi) is 4.20. The van der Waals surface area contributed by atoms with Gasteiger partial charge < -0.3 is 10.1 Å². The molecule has 128 valence electrons. The number of aliphatic hydroxyl groups is 1. The maximum atomic E-state index is 9.42. The van der Waals surface area contributed by atoms with Gasteiger partial charge in [-0.3, -0.25) is 4.68 Å². The van der Waals surface area contributed by atoms with E-state index in [0.29, 0.717) is 23.8 Å². The molecule has 1 aliphatic rings. The van der Waals surface area contributed by atoms with Crippen LogP contribution < -0.4 is 0 Å². The lowest BCUT2D eigenvalue weighted by atomic mass is 9.96. The maximum Gasteiger partial charge on any atom is 0.156 e. The van der Waals surface area contributed by atoms with E-state index in [1.54, 1.807) is 6.20 Å². The van der Waals surface area contributed by atoms with E-state index in [1.807, 2.05) is 23.1 Å². The maximum absolute atomic E-state index is 9.42. The summed E-state index contributed by atoms with van der Waals surface area (Å²) in [5.74, 6) is 0.889. The molecule has 3 aromatic rings. The highest BCUT2D eigenvalue weighted by Gasteiger charge is 2.27. The van der Waals surface area contributed by atoms with Crippen molar-refractivity contribution in [3.63, 3.8) is 0 Å². The molecule has 0 bridgehead atoms. The molecule has 0 radical (unpaired) electrons. The van der Waals surface area contributed by atoms with Gasteiger partial charge in [0.1, 0.15) is 12.3 Å². The Morgan fingerprint density at radius 3 is 2.96 bits per heavy atom. The normalized spacial score (nSPS) is 16.3. The Balaban J connectivity index is 1.73. The van der Waals surface area contributed by atoms with Crippen molar-refractivity contribution in [3.05, 3.63) is 30.5 Å². The third-order valence-corrected chi connectivity index (χ3v) is 5.06. The topological polar surface area (TPSA) is 103 Å². The van der Waals surface area contributed by atoms with Crippen molar-refractivity contribution in [2.24, 2.45) is 5.92 Å². The van der Waals surface area contributed by atoms with Crippen molar-refractivity contribution in [2.45, 2.75) is 44.8 Å². The van der Waals surface area contributed by atoms with Crippen LogP contribution in [-0.4, -0.2) is 29.8 Å². The van der Waals surface area contributed by atoms with E-state index < -0.39 is 0 Å². The van der Waals surface area contributed by atoms with Crippen LogP contribution in [0.5, 0.6) is 0 Å². The summed E-state index contributed by atoms with van der Waals surface area (Å²) >= 11 is 0. The molecule has 0 unspecified atom stereocenters. The highest BCUT2D eigenvalue weighted by atomic mass is 16.3. The van der Waals surface area contributed by atoms with Crippen molar-refractivity contribution in [3.8, 4) is 17.3 Å². The number of aromatic nitrogens is 5. The molecule has 0 aliphatic heterocycles. The highest BCUT2D eigenvalue weighted by molar-refractivity contribution is 5.90. The molecule has 0 aromatic carbocycles. The number of hydrogen-bond acceptors (Lipinski definition) is 5. The average Bonchev–Trinajstić information content (AvgIpc) is 3.39. The van der Waals surface area contributed by atoms with Gasteiger partial charge in [-0.15, -0.1) is 0 Å². The van der Waals surface area contributed by atoms with Crippen LogP contribution in [-0.2, 0) is 6.61 Å². The van der Waals surface area contributed by atoms with Gasteiger partial charge in [0, 0.05) is 23.3 Å². The zero-order valence-electron chi connectivity index (χ0n) is 13.9. The number of nitriles is 1. The zero-order valence-corrected chi connectivity index (χ0v) is 13.9. The van der Waals surface area contributed by atoms with E-state index in [1.165, 1.54) is 12.8 Å². The number of aromatic amines is 1. The van der Waals surface area contributed by atoms with Crippen LogP contribution in [0.1, 0.15) is 44.0 Å². The standard InChI is InChI=1S/C18H20N6O/c19-7-5-15(12-3-1-2-4-12)24-10-13(9-21-24)17-14-6-8-20-18(14)23-16(11-25)22-17/h6,8-10,12,15,25H,1-5,11H2,(H,20,22,23)/t15-/m1/s1. The minimum atomic E-state index is -0.213. The Hall–Kier alpha value is -2.72. The van der Waals surface area contributed by atoms with Crippen molar-refractivity contribution < 1.29 is 5.11 Å². The fraction of sp³-hybridized carbons (Fsp3) is 0.444. The summed E-state index contributed by atoms with van der Waals surface area (Å²) < 4.78 is 1.92. The van der Waals surface area contributed by atoms with Gasteiger partial charge in [-0.1, -0.05) is 12.8 Å². The molecular formula is C18H20N6O. The molecule has 1 saturated carbocycles. The molecule has 3 heterocycles. The highest BCUT2D eigenvalue weighted by Crippen LogP contribution is 2.36. The summed E-state index contributed by atoms with van der Waals surface area (Å²) in [6.45, 7) is -0.213. The Labute approximate surface area is 145 Å². The smallest absolute Gasteiger partial charge is 0.156 e. The van der Waals surface area contributed by atoms with Crippen molar-refractivity contribution in [2.75, 3.05) is 0 Å². The predicted octanol–water partition coefficient (Wildman–Crippen LogP) is 2.96. The summed E-state index contributed by atoms with van der Waals surface area (Å²) in [5.41, 5.74) is 2.33. The summed E-state index contributed by atoms with van der Waals surface area (Å²) in [5, 5.41) is 24.1. The van der Waals surface area contributed by atoms with Crippen LogP contribution in [0.2, 0.25) is 0 Å². The zero-order chi connectivity index (χ0) is 17.2. The number of nitrogens with zero attached hydrogens (tertiary/aromatic N) is 5. The SMILES string of the molecule is N#CC[C@H](C1CCCC1)n1cc(-c2nc(CO)nc3[nH]ccc23)cn1. The number of nitrogens with one attached hydrogen (secondary N) is 1. The molecule has 0 amide bonds. The van der Waals surface area contributed by atoms with Crippen LogP contribution in [0.15, 0.2) is 24.7 Å².